The highest BCUT2D eigenvalue weighted by Gasteiger charge is 2.23. The molecule has 1 heterocycles. The first-order valence-electron chi connectivity index (χ1n) is 5.76. The summed E-state index contributed by atoms with van der Waals surface area (Å²) in [6, 6.07) is 0. The Morgan fingerprint density at radius 1 is 1.56 bits per heavy atom. The second kappa shape index (κ2) is 5.75. The van der Waals surface area contributed by atoms with Gasteiger partial charge in [-0.05, 0) is 19.8 Å². The highest BCUT2D eigenvalue weighted by molar-refractivity contribution is 7.09. The third kappa shape index (κ3) is 4.20. The van der Waals surface area contributed by atoms with E-state index in [-0.39, 0.29) is 5.92 Å². The maximum absolute atomic E-state index is 10.0. The van der Waals surface area contributed by atoms with Crippen LogP contribution in [0.2, 0.25) is 0 Å². The van der Waals surface area contributed by atoms with E-state index >= 15 is 0 Å². The monoisotopic (exact) mass is 242 g/mol. The fraction of sp³-hybridized carbons (Fsp3) is 0.750. The van der Waals surface area contributed by atoms with E-state index in [2.05, 4.69) is 15.7 Å². The molecule has 0 spiro atoms. The van der Waals surface area contributed by atoms with Gasteiger partial charge in [0, 0.05) is 24.9 Å². The van der Waals surface area contributed by atoms with Gasteiger partial charge in [0.25, 0.3) is 0 Å². The SMILES string of the molecule is Cc1nc(CCNCC(C)(O)C(C)C)cs1. The molecule has 0 saturated carbocycles. The van der Waals surface area contributed by atoms with Crippen molar-refractivity contribution >= 4 is 11.3 Å². The van der Waals surface area contributed by atoms with Crippen molar-refractivity contribution in [2.45, 2.75) is 39.7 Å². The van der Waals surface area contributed by atoms with Crippen LogP contribution in [0.1, 0.15) is 31.5 Å². The van der Waals surface area contributed by atoms with Crippen LogP contribution in [-0.4, -0.2) is 28.8 Å². The zero-order valence-electron chi connectivity index (χ0n) is 10.6. The number of aromatic nitrogens is 1. The molecule has 0 aliphatic rings. The predicted molar refractivity (Wildman–Crippen MR) is 68.9 cm³/mol. The van der Waals surface area contributed by atoms with E-state index in [1.165, 1.54) is 0 Å². The number of thiazole rings is 1. The molecular formula is C12H22N2OS. The lowest BCUT2D eigenvalue weighted by molar-refractivity contribution is 0.0145. The minimum absolute atomic E-state index is 0.265. The smallest absolute Gasteiger partial charge is 0.0897 e. The van der Waals surface area contributed by atoms with Gasteiger partial charge in [0.1, 0.15) is 0 Å². The van der Waals surface area contributed by atoms with Crippen molar-refractivity contribution in [3.05, 3.63) is 16.1 Å². The lowest BCUT2D eigenvalue weighted by Gasteiger charge is -2.27. The van der Waals surface area contributed by atoms with Gasteiger partial charge < -0.3 is 10.4 Å². The number of hydrogen-bond acceptors (Lipinski definition) is 4. The normalized spacial score (nSPS) is 15.4. The molecule has 1 aromatic rings. The third-order valence-electron chi connectivity index (χ3n) is 2.95. The highest BCUT2D eigenvalue weighted by Crippen LogP contribution is 2.14. The number of aliphatic hydroxyl groups is 1. The van der Waals surface area contributed by atoms with Crippen LogP contribution in [-0.2, 0) is 6.42 Å². The van der Waals surface area contributed by atoms with Crippen molar-refractivity contribution in [2.75, 3.05) is 13.1 Å². The first kappa shape index (κ1) is 13.6. The summed E-state index contributed by atoms with van der Waals surface area (Å²) in [5.74, 6) is 0.265. The Labute approximate surface area is 102 Å². The van der Waals surface area contributed by atoms with E-state index in [9.17, 15) is 5.11 Å². The van der Waals surface area contributed by atoms with E-state index in [0.717, 1.165) is 23.7 Å². The average Bonchev–Trinajstić information content (AvgIpc) is 2.59. The summed E-state index contributed by atoms with van der Waals surface area (Å²) in [5.41, 5.74) is 0.511. The molecule has 1 aromatic heterocycles. The molecule has 0 saturated heterocycles. The molecular weight excluding hydrogens is 220 g/mol. The molecule has 3 nitrogen and oxygen atoms in total. The quantitative estimate of drug-likeness (QED) is 0.750. The summed E-state index contributed by atoms with van der Waals surface area (Å²) in [7, 11) is 0. The zero-order valence-corrected chi connectivity index (χ0v) is 11.4. The summed E-state index contributed by atoms with van der Waals surface area (Å²) in [6.07, 6.45) is 0.929. The van der Waals surface area contributed by atoms with Crippen molar-refractivity contribution in [3.8, 4) is 0 Å². The molecule has 0 bridgehead atoms. The van der Waals surface area contributed by atoms with Crippen LogP contribution in [0.25, 0.3) is 0 Å². The molecule has 0 radical (unpaired) electrons. The second-order valence-corrected chi connectivity index (χ2v) is 5.86. The Hall–Kier alpha value is -0.450. The van der Waals surface area contributed by atoms with Crippen LogP contribution < -0.4 is 5.32 Å². The maximum atomic E-state index is 10.0. The number of rotatable bonds is 6. The van der Waals surface area contributed by atoms with Crippen molar-refractivity contribution < 1.29 is 5.11 Å². The third-order valence-corrected chi connectivity index (χ3v) is 3.77. The lowest BCUT2D eigenvalue weighted by Crippen LogP contribution is -2.42. The second-order valence-electron chi connectivity index (χ2n) is 4.80. The molecule has 0 amide bonds. The number of nitrogens with one attached hydrogen (secondary N) is 1. The van der Waals surface area contributed by atoms with Crippen LogP contribution in [0.15, 0.2) is 5.38 Å². The maximum Gasteiger partial charge on any atom is 0.0897 e. The van der Waals surface area contributed by atoms with E-state index < -0.39 is 5.60 Å². The minimum Gasteiger partial charge on any atom is -0.389 e. The summed E-state index contributed by atoms with van der Waals surface area (Å²) in [6.45, 7) is 9.46. The first-order valence-corrected chi connectivity index (χ1v) is 6.64. The van der Waals surface area contributed by atoms with E-state index in [0.29, 0.717) is 6.54 Å². The summed E-state index contributed by atoms with van der Waals surface area (Å²) >= 11 is 1.68. The van der Waals surface area contributed by atoms with E-state index in [1.54, 1.807) is 11.3 Å². The van der Waals surface area contributed by atoms with Gasteiger partial charge in [-0.2, -0.15) is 0 Å². The molecule has 4 heteroatoms. The van der Waals surface area contributed by atoms with Crippen LogP contribution >= 0.6 is 11.3 Å². The number of aryl methyl sites for hydroxylation is 1. The molecule has 0 aliphatic carbocycles. The summed E-state index contributed by atoms with van der Waals surface area (Å²) in [4.78, 5) is 4.40. The van der Waals surface area contributed by atoms with Gasteiger partial charge in [0.05, 0.1) is 16.3 Å². The van der Waals surface area contributed by atoms with Crippen molar-refractivity contribution in [1.82, 2.24) is 10.3 Å². The molecule has 1 unspecified atom stereocenters. The summed E-state index contributed by atoms with van der Waals surface area (Å²) in [5, 5.41) is 16.5. The Bertz CT molecular complexity index is 321. The summed E-state index contributed by atoms with van der Waals surface area (Å²) < 4.78 is 0. The molecule has 1 atom stereocenters. The van der Waals surface area contributed by atoms with Crippen LogP contribution in [0, 0.1) is 12.8 Å². The van der Waals surface area contributed by atoms with Gasteiger partial charge >= 0.3 is 0 Å². The molecule has 0 aliphatic heterocycles. The van der Waals surface area contributed by atoms with Gasteiger partial charge in [-0.25, -0.2) is 4.98 Å². The number of hydrogen-bond donors (Lipinski definition) is 2. The zero-order chi connectivity index (χ0) is 12.2. The standard InChI is InChI=1S/C12H22N2OS/c1-9(2)12(4,15)8-13-6-5-11-7-16-10(3)14-11/h7,9,13,15H,5-6,8H2,1-4H3. The molecule has 2 N–H and O–H groups in total. The van der Waals surface area contributed by atoms with Gasteiger partial charge in [0.15, 0.2) is 0 Å². The van der Waals surface area contributed by atoms with Gasteiger partial charge in [0.2, 0.25) is 0 Å². The lowest BCUT2D eigenvalue weighted by atomic mass is 9.92. The van der Waals surface area contributed by atoms with Crippen LogP contribution in [0.5, 0.6) is 0 Å². The Balaban J connectivity index is 2.22. The molecule has 16 heavy (non-hydrogen) atoms. The van der Waals surface area contributed by atoms with Crippen molar-refractivity contribution in [3.63, 3.8) is 0 Å². The van der Waals surface area contributed by atoms with Crippen LogP contribution in [0.3, 0.4) is 0 Å². The molecule has 92 valence electrons. The Morgan fingerprint density at radius 3 is 2.75 bits per heavy atom. The molecule has 1 rings (SSSR count). The molecule has 0 aromatic carbocycles. The van der Waals surface area contributed by atoms with Gasteiger partial charge in [-0.3, -0.25) is 0 Å². The predicted octanol–water partition coefficient (Wildman–Crippen LogP) is 1.99. The van der Waals surface area contributed by atoms with E-state index in [4.69, 9.17) is 0 Å². The van der Waals surface area contributed by atoms with Gasteiger partial charge in [-0.15, -0.1) is 11.3 Å². The topological polar surface area (TPSA) is 45.2 Å². The van der Waals surface area contributed by atoms with Crippen molar-refractivity contribution in [2.24, 2.45) is 5.92 Å². The van der Waals surface area contributed by atoms with Gasteiger partial charge in [-0.1, -0.05) is 13.8 Å². The largest absolute Gasteiger partial charge is 0.389 e. The Morgan fingerprint density at radius 2 is 2.25 bits per heavy atom. The fourth-order valence-electron chi connectivity index (χ4n) is 1.29. The van der Waals surface area contributed by atoms with Crippen molar-refractivity contribution in [1.29, 1.82) is 0 Å². The highest BCUT2D eigenvalue weighted by atomic mass is 32.1. The van der Waals surface area contributed by atoms with Crippen LogP contribution in [0.4, 0.5) is 0 Å². The fourth-order valence-corrected chi connectivity index (χ4v) is 1.93. The first-order chi connectivity index (χ1) is 7.42. The molecule has 0 fully saturated rings. The minimum atomic E-state index is -0.627. The average molecular weight is 242 g/mol. The Kier molecular flexibility index (Phi) is 4.89. The number of nitrogens with zero attached hydrogens (tertiary/aromatic N) is 1. The van der Waals surface area contributed by atoms with E-state index in [1.807, 2.05) is 27.7 Å².